The minimum Gasteiger partial charge on any atom is -0.341 e. The zero-order chi connectivity index (χ0) is 18.0. The van der Waals surface area contributed by atoms with Crippen molar-refractivity contribution in [2.75, 3.05) is 10.6 Å². The third-order valence-electron chi connectivity index (χ3n) is 3.58. The van der Waals surface area contributed by atoms with Crippen LogP contribution in [-0.2, 0) is 14.8 Å². The first-order chi connectivity index (χ1) is 11.8. The van der Waals surface area contributed by atoms with Crippen molar-refractivity contribution >= 4 is 38.9 Å². The molecule has 2 N–H and O–H groups in total. The standard InChI is InChI=1S/C17H15N3O4S/c1-11(21)12-6-8-13(9-7-12)18-17(22)10-16-19-14-4-2-3-5-15(14)25(23,24)20-16/h2-9H,10H2,1H3,(H,18,22)(H,19,20). The maximum absolute atomic E-state index is 12.1. The number of hydrogen-bond acceptors (Lipinski definition) is 5. The summed E-state index contributed by atoms with van der Waals surface area (Å²) in [4.78, 5) is 23.4. The van der Waals surface area contributed by atoms with E-state index in [1.165, 1.54) is 13.0 Å². The van der Waals surface area contributed by atoms with Crippen molar-refractivity contribution in [3.63, 3.8) is 0 Å². The zero-order valence-electron chi connectivity index (χ0n) is 13.3. The fraction of sp³-hybridized carbons (Fsp3) is 0.118. The van der Waals surface area contributed by atoms with Gasteiger partial charge in [0.2, 0.25) is 5.91 Å². The first-order valence-electron chi connectivity index (χ1n) is 7.46. The van der Waals surface area contributed by atoms with Crippen LogP contribution in [-0.4, -0.2) is 25.9 Å². The van der Waals surface area contributed by atoms with E-state index in [1.54, 1.807) is 42.5 Å². The molecular weight excluding hydrogens is 342 g/mol. The molecule has 0 bridgehead atoms. The summed E-state index contributed by atoms with van der Waals surface area (Å²) < 4.78 is 27.9. The Hall–Kier alpha value is -3.00. The van der Waals surface area contributed by atoms with Crippen molar-refractivity contribution in [3.05, 3.63) is 54.1 Å². The minimum atomic E-state index is -3.82. The number of amides is 1. The number of anilines is 2. The van der Waals surface area contributed by atoms with E-state index in [1.807, 2.05) is 0 Å². The summed E-state index contributed by atoms with van der Waals surface area (Å²) in [6, 6.07) is 12.8. The summed E-state index contributed by atoms with van der Waals surface area (Å²) in [5.74, 6) is -0.435. The first kappa shape index (κ1) is 16.8. The van der Waals surface area contributed by atoms with E-state index < -0.39 is 15.9 Å². The van der Waals surface area contributed by atoms with Gasteiger partial charge in [-0.3, -0.25) is 9.59 Å². The topological polar surface area (TPSA) is 105 Å². The number of amidine groups is 1. The molecule has 2 aromatic rings. The molecule has 0 aromatic heterocycles. The number of ketones is 1. The van der Waals surface area contributed by atoms with Crippen molar-refractivity contribution in [2.45, 2.75) is 18.2 Å². The molecule has 1 aliphatic rings. The van der Waals surface area contributed by atoms with Gasteiger partial charge in [-0.15, -0.1) is 4.40 Å². The van der Waals surface area contributed by atoms with Crippen LogP contribution in [0.25, 0.3) is 0 Å². The molecule has 0 unspecified atom stereocenters. The molecule has 1 aliphatic heterocycles. The second kappa shape index (κ2) is 6.48. The molecule has 0 spiro atoms. The van der Waals surface area contributed by atoms with E-state index in [-0.39, 0.29) is 22.9 Å². The minimum absolute atomic E-state index is 0.0524. The Morgan fingerprint density at radius 1 is 1.08 bits per heavy atom. The molecule has 0 fully saturated rings. The average Bonchev–Trinajstić information content (AvgIpc) is 2.54. The Kier molecular flexibility index (Phi) is 4.37. The Morgan fingerprint density at radius 2 is 1.76 bits per heavy atom. The number of sulfonamides is 1. The number of nitrogens with zero attached hydrogens (tertiary/aromatic N) is 1. The van der Waals surface area contributed by atoms with Crippen LogP contribution in [0.2, 0.25) is 0 Å². The highest BCUT2D eigenvalue weighted by Crippen LogP contribution is 2.27. The lowest BCUT2D eigenvalue weighted by Crippen LogP contribution is -2.26. The van der Waals surface area contributed by atoms with Gasteiger partial charge in [0, 0.05) is 11.3 Å². The lowest BCUT2D eigenvalue weighted by Gasteiger charge is -2.17. The second-order valence-electron chi connectivity index (χ2n) is 5.49. The zero-order valence-corrected chi connectivity index (χ0v) is 14.1. The van der Waals surface area contributed by atoms with Crippen molar-refractivity contribution in [1.82, 2.24) is 0 Å². The van der Waals surface area contributed by atoms with Gasteiger partial charge in [-0.05, 0) is 43.3 Å². The van der Waals surface area contributed by atoms with E-state index in [0.717, 1.165) is 0 Å². The quantitative estimate of drug-likeness (QED) is 0.818. The number of nitrogens with one attached hydrogen (secondary N) is 2. The third kappa shape index (κ3) is 3.74. The summed E-state index contributed by atoms with van der Waals surface area (Å²) in [7, 11) is -3.82. The predicted octanol–water partition coefficient (Wildman–Crippen LogP) is 2.43. The van der Waals surface area contributed by atoms with Crippen molar-refractivity contribution < 1.29 is 18.0 Å². The number of carbonyl (C=O) groups excluding carboxylic acids is 2. The summed E-state index contributed by atoms with van der Waals surface area (Å²) >= 11 is 0. The van der Waals surface area contributed by atoms with Gasteiger partial charge in [0.1, 0.15) is 10.7 Å². The molecule has 7 nitrogen and oxygen atoms in total. The number of benzene rings is 2. The average molecular weight is 357 g/mol. The first-order valence-corrected chi connectivity index (χ1v) is 8.90. The van der Waals surface area contributed by atoms with Gasteiger partial charge in [0.25, 0.3) is 10.0 Å². The van der Waals surface area contributed by atoms with Gasteiger partial charge in [-0.1, -0.05) is 12.1 Å². The highest BCUT2D eigenvalue weighted by atomic mass is 32.2. The monoisotopic (exact) mass is 357 g/mol. The Bertz CT molecular complexity index is 979. The van der Waals surface area contributed by atoms with Gasteiger partial charge in [-0.25, -0.2) is 0 Å². The molecular formula is C17H15N3O4S. The summed E-state index contributed by atoms with van der Waals surface area (Å²) in [5.41, 5.74) is 1.44. The van der Waals surface area contributed by atoms with Crippen LogP contribution in [0, 0.1) is 0 Å². The van der Waals surface area contributed by atoms with Crippen LogP contribution in [0.5, 0.6) is 0 Å². The molecule has 2 aromatic carbocycles. The number of Topliss-reactive ketones (excluding diaryl/α,β-unsaturated/α-hetero) is 1. The number of para-hydroxylation sites is 1. The van der Waals surface area contributed by atoms with Crippen LogP contribution in [0.15, 0.2) is 57.8 Å². The van der Waals surface area contributed by atoms with E-state index in [0.29, 0.717) is 16.9 Å². The van der Waals surface area contributed by atoms with Gasteiger partial charge in [0.15, 0.2) is 5.78 Å². The number of rotatable bonds is 4. The normalized spacial score (nSPS) is 14.7. The molecule has 0 radical (unpaired) electrons. The fourth-order valence-corrected chi connectivity index (χ4v) is 3.54. The van der Waals surface area contributed by atoms with Crippen LogP contribution in [0.3, 0.4) is 0 Å². The molecule has 1 heterocycles. The highest BCUT2D eigenvalue weighted by molar-refractivity contribution is 7.90. The smallest absolute Gasteiger partial charge is 0.286 e. The van der Waals surface area contributed by atoms with Gasteiger partial charge < -0.3 is 10.6 Å². The maximum atomic E-state index is 12.1. The van der Waals surface area contributed by atoms with Crippen LogP contribution in [0.1, 0.15) is 23.7 Å². The van der Waals surface area contributed by atoms with E-state index in [9.17, 15) is 18.0 Å². The van der Waals surface area contributed by atoms with E-state index in [2.05, 4.69) is 15.0 Å². The van der Waals surface area contributed by atoms with Crippen molar-refractivity contribution in [3.8, 4) is 0 Å². The van der Waals surface area contributed by atoms with E-state index >= 15 is 0 Å². The number of carbonyl (C=O) groups is 2. The Balaban J connectivity index is 1.71. The predicted molar refractivity (Wildman–Crippen MR) is 94.4 cm³/mol. The SMILES string of the molecule is CC(=O)c1ccc(NC(=O)CC2=NS(=O)(=O)c3ccccc3N2)cc1. The summed E-state index contributed by atoms with van der Waals surface area (Å²) in [6.45, 7) is 1.46. The van der Waals surface area contributed by atoms with Crippen LogP contribution in [0.4, 0.5) is 11.4 Å². The fourth-order valence-electron chi connectivity index (χ4n) is 2.39. The lowest BCUT2D eigenvalue weighted by molar-refractivity contribution is -0.115. The third-order valence-corrected chi connectivity index (χ3v) is 4.95. The molecule has 128 valence electrons. The van der Waals surface area contributed by atoms with Gasteiger partial charge >= 0.3 is 0 Å². The van der Waals surface area contributed by atoms with Gasteiger partial charge in [-0.2, -0.15) is 8.42 Å². The highest BCUT2D eigenvalue weighted by Gasteiger charge is 2.25. The summed E-state index contributed by atoms with van der Waals surface area (Å²) in [6.07, 6.45) is -0.220. The molecule has 3 rings (SSSR count). The second-order valence-corrected chi connectivity index (χ2v) is 7.07. The number of fused-ring (bicyclic) bond motifs is 1. The number of hydrogen-bond donors (Lipinski definition) is 2. The van der Waals surface area contributed by atoms with Crippen molar-refractivity contribution in [1.29, 1.82) is 0 Å². The maximum Gasteiger partial charge on any atom is 0.286 e. The van der Waals surface area contributed by atoms with Crippen LogP contribution >= 0.6 is 0 Å². The molecule has 0 saturated heterocycles. The molecule has 0 aliphatic carbocycles. The molecule has 1 amide bonds. The largest absolute Gasteiger partial charge is 0.341 e. The molecule has 0 saturated carbocycles. The van der Waals surface area contributed by atoms with Crippen molar-refractivity contribution in [2.24, 2.45) is 4.40 Å². The van der Waals surface area contributed by atoms with Gasteiger partial charge in [0.05, 0.1) is 12.1 Å². The molecule has 8 heteroatoms. The lowest BCUT2D eigenvalue weighted by atomic mass is 10.1. The Labute approximate surface area is 144 Å². The summed E-state index contributed by atoms with van der Waals surface area (Å²) in [5, 5.41) is 5.50. The van der Waals surface area contributed by atoms with E-state index in [4.69, 9.17) is 0 Å². The molecule has 25 heavy (non-hydrogen) atoms. The van der Waals surface area contributed by atoms with Crippen LogP contribution < -0.4 is 10.6 Å². The Morgan fingerprint density at radius 3 is 2.44 bits per heavy atom. The molecule has 0 atom stereocenters.